The predicted molar refractivity (Wildman–Crippen MR) is 134 cm³/mol. The molecule has 0 saturated carbocycles. The molecule has 0 radical (unpaired) electrons. The predicted octanol–water partition coefficient (Wildman–Crippen LogP) is 1.90. The molecule has 2 aromatic heterocycles. The summed E-state index contributed by atoms with van der Waals surface area (Å²) in [5.41, 5.74) is 7.79. The van der Waals surface area contributed by atoms with Crippen molar-refractivity contribution in [1.29, 1.82) is 0 Å². The lowest BCUT2D eigenvalue weighted by Crippen LogP contribution is -2.21. The highest BCUT2D eigenvalue weighted by molar-refractivity contribution is 6.04. The van der Waals surface area contributed by atoms with Gasteiger partial charge in [-0.05, 0) is 32.0 Å². The van der Waals surface area contributed by atoms with Gasteiger partial charge >= 0.3 is 6.09 Å². The smallest absolute Gasteiger partial charge is 0.404 e. The molecule has 5 N–H and O–H groups in total. The highest BCUT2D eigenvalue weighted by atomic mass is 16.5. The van der Waals surface area contributed by atoms with Crippen molar-refractivity contribution in [2.75, 3.05) is 25.1 Å². The third-order valence-electron chi connectivity index (χ3n) is 5.76. The van der Waals surface area contributed by atoms with Gasteiger partial charge in [-0.2, -0.15) is 5.10 Å². The Labute approximate surface area is 212 Å². The second kappa shape index (κ2) is 11.1. The summed E-state index contributed by atoms with van der Waals surface area (Å²) in [5, 5.41) is 18.2. The number of carbonyl (C=O) groups is 3. The van der Waals surface area contributed by atoms with Gasteiger partial charge in [0, 0.05) is 31.6 Å². The molecule has 1 fully saturated rings. The topological polar surface area (TPSA) is 176 Å². The van der Waals surface area contributed by atoms with Crippen LogP contribution in [0.15, 0.2) is 30.4 Å². The van der Waals surface area contributed by atoms with Gasteiger partial charge < -0.3 is 30.2 Å². The van der Waals surface area contributed by atoms with E-state index in [2.05, 4.69) is 20.7 Å². The van der Waals surface area contributed by atoms with Gasteiger partial charge in [0.1, 0.15) is 23.1 Å². The summed E-state index contributed by atoms with van der Waals surface area (Å²) in [6, 6.07) is 4.78. The molecule has 1 unspecified atom stereocenters. The van der Waals surface area contributed by atoms with E-state index < -0.39 is 17.9 Å². The molecule has 1 aromatic carbocycles. The number of allylic oxidation sites excluding steroid dienone is 1. The first-order valence-corrected chi connectivity index (χ1v) is 11.8. The van der Waals surface area contributed by atoms with E-state index in [4.69, 9.17) is 20.3 Å². The number of hydrogen-bond acceptors (Lipinski definition) is 7. The highest BCUT2D eigenvalue weighted by Crippen LogP contribution is 2.32. The molecule has 3 heterocycles. The standard InChI is InChI=1S/C24H29N7O6/c1-3-31-18(10-14(2)29-31)22(33)28-23-27-17-11-15(21(25)32)12-19(37-16-6-9-36-13-16)20(17)30(23)8-5-4-7-26-24(34)35/h4-5,10-12,16,26H,3,6-9,13H2,1-2H3,(H2,25,32)(H,34,35)(H,27,28,33)/b5-4+. The largest absolute Gasteiger partial charge is 0.486 e. The fourth-order valence-corrected chi connectivity index (χ4v) is 4.07. The van der Waals surface area contributed by atoms with Crippen LogP contribution in [-0.2, 0) is 17.8 Å². The summed E-state index contributed by atoms with van der Waals surface area (Å²) < 4.78 is 14.9. The van der Waals surface area contributed by atoms with Crippen LogP contribution >= 0.6 is 0 Å². The van der Waals surface area contributed by atoms with Crippen molar-refractivity contribution in [3.63, 3.8) is 0 Å². The molecule has 3 amide bonds. The van der Waals surface area contributed by atoms with Crippen molar-refractivity contribution in [2.45, 2.75) is 39.5 Å². The molecule has 1 aliphatic rings. The number of benzene rings is 1. The normalized spacial score (nSPS) is 15.4. The van der Waals surface area contributed by atoms with Crippen molar-refractivity contribution in [2.24, 2.45) is 5.73 Å². The van der Waals surface area contributed by atoms with E-state index in [-0.39, 0.29) is 30.7 Å². The Kier molecular flexibility index (Phi) is 7.72. The maximum absolute atomic E-state index is 13.2. The van der Waals surface area contributed by atoms with E-state index >= 15 is 0 Å². The Balaban J connectivity index is 1.77. The number of primary amides is 1. The van der Waals surface area contributed by atoms with E-state index in [1.54, 1.807) is 40.5 Å². The lowest BCUT2D eigenvalue weighted by molar-refractivity contribution is 0.0995. The van der Waals surface area contributed by atoms with Gasteiger partial charge in [0.25, 0.3) is 5.91 Å². The number of amides is 3. The van der Waals surface area contributed by atoms with E-state index in [9.17, 15) is 14.4 Å². The summed E-state index contributed by atoms with van der Waals surface area (Å²) in [5.74, 6) is -0.457. The number of aromatic nitrogens is 4. The monoisotopic (exact) mass is 511 g/mol. The average molecular weight is 512 g/mol. The van der Waals surface area contributed by atoms with Gasteiger partial charge in [-0.1, -0.05) is 12.2 Å². The van der Waals surface area contributed by atoms with Crippen LogP contribution in [0.2, 0.25) is 0 Å². The van der Waals surface area contributed by atoms with Crippen molar-refractivity contribution in [1.82, 2.24) is 24.6 Å². The minimum absolute atomic E-state index is 0.104. The third-order valence-corrected chi connectivity index (χ3v) is 5.76. The lowest BCUT2D eigenvalue weighted by atomic mass is 10.1. The molecular weight excluding hydrogens is 482 g/mol. The Morgan fingerprint density at radius 1 is 1.30 bits per heavy atom. The molecule has 37 heavy (non-hydrogen) atoms. The maximum Gasteiger partial charge on any atom is 0.404 e. The van der Waals surface area contributed by atoms with Crippen LogP contribution in [0.5, 0.6) is 5.75 Å². The second-order valence-corrected chi connectivity index (χ2v) is 8.45. The van der Waals surface area contributed by atoms with Crippen LogP contribution < -0.4 is 21.1 Å². The van der Waals surface area contributed by atoms with Crippen molar-refractivity contribution in [3.8, 4) is 5.75 Å². The van der Waals surface area contributed by atoms with E-state index in [1.807, 2.05) is 6.92 Å². The fourth-order valence-electron chi connectivity index (χ4n) is 4.07. The Morgan fingerprint density at radius 2 is 2.11 bits per heavy atom. The van der Waals surface area contributed by atoms with Crippen molar-refractivity contribution >= 4 is 34.9 Å². The number of nitrogens with one attached hydrogen (secondary N) is 2. The molecule has 0 aliphatic carbocycles. The zero-order valence-electron chi connectivity index (χ0n) is 20.6. The van der Waals surface area contributed by atoms with Gasteiger partial charge in [-0.25, -0.2) is 9.78 Å². The Hall–Kier alpha value is -4.39. The zero-order valence-corrected chi connectivity index (χ0v) is 20.6. The molecule has 13 nitrogen and oxygen atoms in total. The number of hydrogen-bond donors (Lipinski definition) is 4. The maximum atomic E-state index is 13.2. The third kappa shape index (κ3) is 5.89. The van der Waals surface area contributed by atoms with Crippen LogP contribution in [-0.4, -0.2) is 68.2 Å². The van der Waals surface area contributed by atoms with Crippen LogP contribution in [0, 0.1) is 6.92 Å². The second-order valence-electron chi connectivity index (χ2n) is 8.45. The molecule has 196 valence electrons. The van der Waals surface area contributed by atoms with Gasteiger partial charge in [-0.15, -0.1) is 0 Å². The van der Waals surface area contributed by atoms with Crippen molar-refractivity contribution < 1.29 is 29.0 Å². The number of rotatable bonds is 10. The number of nitrogens with zero attached hydrogens (tertiary/aromatic N) is 4. The van der Waals surface area contributed by atoms with Gasteiger partial charge in [0.2, 0.25) is 11.9 Å². The van der Waals surface area contributed by atoms with Crippen LogP contribution in [0.1, 0.15) is 39.9 Å². The number of aryl methyl sites for hydroxylation is 2. The van der Waals surface area contributed by atoms with Gasteiger partial charge in [-0.3, -0.25) is 19.6 Å². The average Bonchev–Trinajstić information content (AvgIpc) is 3.57. The number of carbonyl (C=O) groups excluding carboxylic acids is 2. The van der Waals surface area contributed by atoms with Crippen molar-refractivity contribution in [3.05, 3.63) is 47.3 Å². The molecule has 0 bridgehead atoms. The molecule has 3 aromatic rings. The summed E-state index contributed by atoms with van der Waals surface area (Å²) >= 11 is 0. The molecule has 1 aliphatic heterocycles. The van der Waals surface area contributed by atoms with Crippen LogP contribution in [0.25, 0.3) is 11.0 Å². The molecule has 1 atom stereocenters. The summed E-state index contributed by atoms with van der Waals surface area (Å²) in [7, 11) is 0. The van der Waals surface area contributed by atoms with E-state index in [1.165, 1.54) is 6.07 Å². The molecular formula is C24H29N7O6. The first kappa shape index (κ1) is 25.7. The van der Waals surface area contributed by atoms with Crippen LogP contribution in [0.3, 0.4) is 0 Å². The van der Waals surface area contributed by atoms with E-state index in [0.29, 0.717) is 54.4 Å². The first-order chi connectivity index (χ1) is 17.8. The van der Waals surface area contributed by atoms with Gasteiger partial charge in [0.15, 0.2) is 0 Å². The molecule has 1 saturated heterocycles. The first-order valence-electron chi connectivity index (χ1n) is 11.8. The minimum atomic E-state index is -1.14. The van der Waals surface area contributed by atoms with E-state index in [0.717, 1.165) is 0 Å². The van der Waals surface area contributed by atoms with Crippen LogP contribution in [0.4, 0.5) is 10.7 Å². The number of nitrogens with two attached hydrogens (primary N) is 1. The SMILES string of the molecule is CCn1nc(C)cc1C(=O)Nc1nc2cc(C(N)=O)cc(OC3CCOC3)c2n1C/C=C/CNC(=O)O. The quantitative estimate of drug-likeness (QED) is 0.298. The number of anilines is 1. The molecule has 4 rings (SSSR count). The summed E-state index contributed by atoms with van der Waals surface area (Å²) in [4.78, 5) is 40.5. The Bertz CT molecular complexity index is 1350. The fraction of sp³-hybridized carbons (Fsp3) is 0.375. The number of fused-ring (bicyclic) bond motifs is 1. The zero-order chi connectivity index (χ0) is 26.5. The Morgan fingerprint density at radius 3 is 2.78 bits per heavy atom. The number of ether oxygens (including phenoxy) is 2. The number of carboxylic acid groups (broad SMARTS) is 1. The molecule has 0 spiro atoms. The minimum Gasteiger partial charge on any atom is -0.486 e. The summed E-state index contributed by atoms with van der Waals surface area (Å²) in [6.07, 6.45) is 2.70. The van der Waals surface area contributed by atoms with Gasteiger partial charge in [0.05, 0.1) is 24.4 Å². The molecule has 13 heteroatoms. The number of imidazole rings is 1. The summed E-state index contributed by atoms with van der Waals surface area (Å²) in [6.45, 7) is 5.50. The lowest BCUT2D eigenvalue weighted by Gasteiger charge is -2.16. The highest BCUT2D eigenvalue weighted by Gasteiger charge is 2.24.